The van der Waals surface area contributed by atoms with Gasteiger partial charge >= 0.3 is 0 Å². The summed E-state index contributed by atoms with van der Waals surface area (Å²) in [5.74, 6) is -3.90. The molecule has 22 heteroatoms. The predicted octanol–water partition coefficient (Wildman–Crippen LogP) is -5.20. The van der Waals surface area contributed by atoms with Crippen LogP contribution in [0.4, 0.5) is 0 Å². The predicted molar refractivity (Wildman–Crippen MR) is 173 cm³/mol. The monoisotopic (exact) mass is 790 g/mol. The minimum absolute atomic E-state index is 0.0882. The normalized spacial score (nSPS) is 39.1. The summed E-state index contributed by atoms with van der Waals surface area (Å²) < 4.78 is 40.4. The van der Waals surface area contributed by atoms with Gasteiger partial charge in [0.05, 0.1) is 25.4 Å². The average Bonchev–Trinajstić information content (AvgIpc) is 3.16. The fourth-order valence-electron chi connectivity index (χ4n) is 6.49. The molecule has 1 unspecified atom stereocenters. The zero-order valence-corrected chi connectivity index (χ0v) is 28.3. The van der Waals surface area contributed by atoms with Crippen LogP contribution in [0, 0.1) is 0 Å². The van der Waals surface area contributed by atoms with Crippen molar-refractivity contribution >= 4 is 6.08 Å². The molecule has 2 aromatic carbocycles. The molecule has 0 radical (unpaired) electrons. The summed E-state index contributed by atoms with van der Waals surface area (Å²) in [5.41, 5.74) is -0.208. The van der Waals surface area contributed by atoms with Crippen LogP contribution in [0.5, 0.6) is 34.5 Å². The van der Waals surface area contributed by atoms with Crippen LogP contribution >= 0.6 is 0 Å². The van der Waals surface area contributed by atoms with Gasteiger partial charge in [-0.25, -0.2) is 0 Å². The van der Waals surface area contributed by atoms with Crippen LogP contribution in [0.3, 0.4) is 0 Å². The lowest BCUT2D eigenvalue weighted by atomic mass is 9.97. The Hall–Kier alpha value is -3.82. The summed E-state index contributed by atoms with van der Waals surface area (Å²) in [6, 6.07) is 4.06. The maximum Gasteiger partial charge on any atom is 0.229 e. The smallest absolute Gasteiger partial charge is 0.229 e. The summed E-state index contributed by atoms with van der Waals surface area (Å²) in [6.07, 6.45) is -27.2. The van der Waals surface area contributed by atoms with E-state index < -0.39 is 141 Å². The Kier molecular flexibility index (Phi) is 12.1. The quantitative estimate of drug-likeness (QED) is 0.100. The van der Waals surface area contributed by atoms with Crippen LogP contribution in [0.1, 0.15) is 17.2 Å². The van der Waals surface area contributed by atoms with Gasteiger partial charge in [-0.05, 0) is 18.2 Å². The van der Waals surface area contributed by atoms with E-state index >= 15 is 0 Å². The van der Waals surface area contributed by atoms with Crippen molar-refractivity contribution in [1.82, 2.24) is 0 Å². The first kappa shape index (κ1) is 40.8. The highest BCUT2D eigenvalue weighted by molar-refractivity contribution is 5.70. The molecule has 2 aromatic rings. The molecule has 6 rings (SSSR count). The van der Waals surface area contributed by atoms with Crippen LogP contribution in [-0.2, 0) is 23.7 Å². The molecule has 0 aromatic heterocycles. The van der Waals surface area contributed by atoms with Crippen molar-refractivity contribution < 1.29 is 110 Å². The Morgan fingerprint density at radius 3 is 1.62 bits per heavy atom. The lowest BCUT2D eigenvalue weighted by Crippen LogP contribution is -2.64. The van der Waals surface area contributed by atoms with Crippen LogP contribution in [0.25, 0.3) is 6.08 Å². The fraction of sp³-hybridized carbons (Fsp3) is 0.576. The van der Waals surface area contributed by atoms with Gasteiger partial charge < -0.3 is 110 Å². The number of hydrogen-bond acceptors (Lipinski definition) is 22. The molecule has 55 heavy (non-hydrogen) atoms. The van der Waals surface area contributed by atoms with Crippen LogP contribution in [0.2, 0.25) is 0 Å². The molecule has 0 spiro atoms. The number of ether oxygens (including phenoxy) is 7. The molecule has 306 valence electrons. The molecule has 4 heterocycles. The summed E-state index contributed by atoms with van der Waals surface area (Å²) in [7, 11) is 0. The van der Waals surface area contributed by atoms with Gasteiger partial charge in [0.2, 0.25) is 12.6 Å². The van der Waals surface area contributed by atoms with Gasteiger partial charge in [0.25, 0.3) is 0 Å². The number of aromatic hydroxyl groups is 4. The van der Waals surface area contributed by atoms with E-state index in [-0.39, 0.29) is 28.4 Å². The second kappa shape index (κ2) is 16.3. The van der Waals surface area contributed by atoms with Crippen molar-refractivity contribution in [1.29, 1.82) is 0 Å². The molecule has 22 nitrogen and oxygen atoms in total. The van der Waals surface area contributed by atoms with Crippen LogP contribution in [-0.4, -0.2) is 189 Å². The highest BCUT2D eigenvalue weighted by Gasteiger charge is 2.52. The van der Waals surface area contributed by atoms with Crippen LogP contribution < -0.4 is 9.47 Å². The van der Waals surface area contributed by atoms with Gasteiger partial charge in [-0.3, -0.25) is 0 Å². The zero-order chi connectivity index (χ0) is 40.0. The highest BCUT2D eigenvalue weighted by atomic mass is 16.8. The second-order valence-corrected chi connectivity index (χ2v) is 13.2. The van der Waals surface area contributed by atoms with Gasteiger partial charge in [-0.2, -0.15) is 0 Å². The Morgan fingerprint density at radius 1 is 0.545 bits per heavy atom. The maximum atomic E-state index is 11.2. The maximum absolute atomic E-state index is 11.2. The molecule has 15 N–H and O–H groups in total. The van der Waals surface area contributed by atoms with E-state index in [1.807, 2.05) is 0 Å². The molecule has 3 saturated heterocycles. The van der Waals surface area contributed by atoms with E-state index in [9.17, 15) is 76.6 Å². The van der Waals surface area contributed by atoms with Gasteiger partial charge in [-0.15, -0.1) is 0 Å². The van der Waals surface area contributed by atoms with Crippen molar-refractivity contribution in [3.05, 3.63) is 41.2 Å². The second-order valence-electron chi connectivity index (χ2n) is 13.2. The standard InChI is InChI=1S/C33H42O22/c34-6-17-21(41)24(44)27(47)31(52-17)50-15-4-10(37)3-14-11(15)5-16(29(49-14)9-1-12(38)20(40)13(39)2-9)51-33-30(26(46)23(43)19(8-36)54-33)55-32-28(48)25(45)22(42)18(7-35)53-32/h1-5,17-19,21-48H,6-8H2/t17-,18-,19+,21-,22-,23-,24+,25+,26+,27+,28-,29?,30-,31-,32+,33-/m1/s1. The van der Waals surface area contributed by atoms with E-state index in [4.69, 9.17) is 33.2 Å². The first-order chi connectivity index (χ1) is 26.1. The number of rotatable bonds is 10. The Bertz CT molecular complexity index is 1660. The van der Waals surface area contributed by atoms with Crippen molar-refractivity contribution in [3.8, 4) is 34.5 Å². The molecular weight excluding hydrogens is 748 g/mol. The lowest BCUT2D eigenvalue weighted by Gasteiger charge is -2.46. The van der Waals surface area contributed by atoms with Crippen molar-refractivity contribution in [2.75, 3.05) is 19.8 Å². The minimum Gasteiger partial charge on any atom is -0.508 e. The lowest BCUT2D eigenvalue weighted by molar-refractivity contribution is -0.364. The summed E-state index contributed by atoms with van der Waals surface area (Å²) >= 11 is 0. The summed E-state index contributed by atoms with van der Waals surface area (Å²) in [4.78, 5) is 0. The SMILES string of the molecule is OC[C@@H]1O[C@@H](OC2=Cc3c(cc(O)cc3O[C@@H]3O[C@H](CO)[C@@H](O)[C@H](O)[C@@H]3O)OC2c2cc(O)c(O)c(O)c2)[C@H](O[C@@H]2O[C@H](CO)[C@@H](O)[C@H](O)[C@H]2O)[C@@H](O)[C@@H]1O. The van der Waals surface area contributed by atoms with E-state index in [0.29, 0.717) is 0 Å². The third kappa shape index (κ3) is 7.80. The van der Waals surface area contributed by atoms with Gasteiger partial charge in [-0.1, -0.05) is 0 Å². The molecule has 0 saturated carbocycles. The van der Waals surface area contributed by atoms with Gasteiger partial charge in [0.1, 0.15) is 90.2 Å². The fourth-order valence-corrected chi connectivity index (χ4v) is 6.49. The molecule has 0 aliphatic carbocycles. The first-order valence-corrected chi connectivity index (χ1v) is 16.8. The van der Waals surface area contributed by atoms with Gasteiger partial charge in [0, 0.05) is 17.7 Å². The summed E-state index contributed by atoms with van der Waals surface area (Å²) in [5, 5.41) is 155. The number of aliphatic hydroxyl groups is 11. The molecule has 0 bridgehead atoms. The largest absolute Gasteiger partial charge is 0.508 e. The molecule has 0 amide bonds. The Morgan fingerprint density at radius 2 is 1.05 bits per heavy atom. The average molecular weight is 791 g/mol. The van der Waals surface area contributed by atoms with Crippen molar-refractivity contribution in [3.63, 3.8) is 0 Å². The zero-order valence-electron chi connectivity index (χ0n) is 28.3. The van der Waals surface area contributed by atoms with Crippen molar-refractivity contribution in [2.24, 2.45) is 0 Å². The van der Waals surface area contributed by atoms with Gasteiger partial charge in [0.15, 0.2) is 35.7 Å². The van der Waals surface area contributed by atoms with E-state index in [1.54, 1.807) is 0 Å². The Labute approximate surface area is 309 Å². The molecular formula is C33H42O22. The molecule has 4 aliphatic rings. The summed E-state index contributed by atoms with van der Waals surface area (Å²) in [6.45, 7) is -2.52. The highest BCUT2D eigenvalue weighted by Crippen LogP contribution is 2.48. The number of benzene rings is 2. The third-order valence-electron chi connectivity index (χ3n) is 9.58. The Balaban J connectivity index is 1.41. The number of hydrogen-bond donors (Lipinski definition) is 15. The third-order valence-corrected chi connectivity index (χ3v) is 9.58. The number of aliphatic hydroxyl groups excluding tert-OH is 11. The molecule has 16 atom stereocenters. The number of phenols is 4. The van der Waals surface area contributed by atoms with Crippen LogP contribution in [0.15, 0.2) is 30.0 Å². The first-order valence-electron chi connectivity index (χ1n) is 16.8. The molecule has 3 fully saturated rings. The van der Waals surface area contributed by atoms with E-state index in [1.165, 1.54) is 6.08 Å². The number of phenolic OH excluding ortho intramolecular Hbond substituents is 4. The molecule has 4 aliphatic heterocycles. The topological polar surface area (TPSA) is 368 Å². The van der Waals surface area contributed by atoms with E-state index in [2.05, 4.69) is 0 Å². The minimum atomic E-state index is -2.00. The van der Waals surface area contributed by atoms with E-state index in [0.717, 1.165) is 24.3 Å². The van der Waals surface area contributed by atoms with Crippen molar-refractivity contribution in [2.45, 2.75) is 98.2 Å². The number of fused-ring (bicyclic) bond motifs is 1.